The third-order valence-electron chi connectivity index (χ3n) is 6.32. The fraction of sp³-hybridized carbons (Fsp3) is 0.333. The van der Waals surface area contributed by atoms with Gasteiger partial charge in [-0.15, -0.1) is 0 Å². The topological polar surface area (TPSA) is 0 Å². The normalized spacial score (nSPS) is 18.6. The Labute approximate surface area is 180 Å². The van der Waals surface area contributed by atoms with Gasteiger partial charge in [0.1, 0.15) is 11.6 Å². The summed E-state index contributed by atoms with van der Waals surface area (Å²) in [6.07, 6.45) is 6.46. The maximum Gasteiger partial charge on any atom is 0.166 e. The Kier molecular flexibility index (Phi) is 6.32. The summed E-state index contributed by atoms with van der Waals surface area (Å²) in [5.41, 5.74) is 0.843. The number of hydrogen-bond donors (Lipinski definition) is 0. The quantitative estimate of drug-likeness (QED) is 0.301. The van der Waals surface area contributed by atoms with Crippen LogP contribution in [-0.4, -0.2) is 0 Å². The summed E-state index contributed by atoms with van der Waals surface area (Å²) in [6, 6.07) is 9.73. The number of aryl methyl sites for hydroxylation is 1. The van der Waals surface area contributed by atoms with Crippen LogP contribution >= 0.6 is 0 Å². The predicted molar refractivity (Wildman–Crippen MR) is 116 cm³/mol. The Bertz CT molecular complexity index is 1140. The standard InChI is InChI=1S/C27H24F4/c1-17-2-4-18(5-3-17)6-7-20-15-25(29)23(26(30)16-20)12-9-19-8-11-22-21(14-19)10-13-24(28)27(22)31/h8,10-11,13-18H,2-7H2,1H3. The van der Waals surface area contributed by atoms with Gasteiger partial charge in [-0.1, -0.05) is 56.6 Å². The minimum Gasteiger partial charge on any atom is -0.206 e. The Hall–Kier alpha value is -2.80. The Morgan fingerprint density at radius 3 is 2.23 bits per heavy atom. The molecule has 0 aliphatic heterocycles. The van der Waals surface area contributed by atoms with Crippen molar-refractivity contribution in [2.75, 3.05) is 0 Å². The molecule has 0 amide bonds. The van der Waals surface area contributed by atoms with Crippen LogP contribution in [0.3, 0.4) is 0 Å². The molecule has 31 heavy (non-hydrogen) atoms. The van der Waals surface area contributed by atoms with E-state index in [1.54, 1.807) is 6.07 Å². The van der Waals surface area contributed by atoms with Crippen LogP contribution in [0.15, 0.2) is 42.5 Å². The molecular weight excluding hydrogens is 400 g/mol. The highest BCUT2D eigenvalue weighted by Crippen LogP contribution is 2.31. The van der Waals surface area contributed by atoms with E-state index in [1.165, 1.54) is 56.0 Å². The van der Waals surface area contributed by atoms with Gasteiger partial charge in [0.05, 0.1) is 5.56 Å². The molecule has 160 valence electrons. The van der Waals surface area contributed by atoms with Gasteiger partial charge in [-0.25, -0.2) is 17.6 Å². The summed E-state index contributed by atoms with van der Waals surface area (Å²) in [6.45, 7) is 2.27. The van der Waals surface area contributed by atoms with Crippen LogP contribution in [0.25, 0.3) is 10.8 Å². The largest absolute Gasteiger partial charge is 0.206 e. The molecule has 3 aromatic rings. The van der Waals surface area contributed by atoms with Gasteiger partial charge in [0, 0.05) is 10.9 Å². The van der Waals surface area contributed by atoms with E-state index < -0.39 is 23.3 Å². The first-order valence-electron chi connectivity index (χ1n) is 10.8. The van der Waals surface area contributed by atoms with Gasteiger partial charge < -0.3 is 0 Å². The van der Waals surface area contributed by atoms with Crippen molar-refractivity contribution >= 4 is 10.8 Å². The molecule has 1 aliphatic carbocycles. The molecular formula is C27H24F4. The first-order chi connectivity index (χ1) is 14.9. The molecule has 4 heteroatoms. The van der Waals surface area contributed by atoms with Gasteiger partial charge in [0.15, 0.2) is 11.6 Å². The van der Waals surface area contributed by atoms with E-state index in [-0.39, 0.29) is 10.9 Å². The lowest BCUT2D eigenvalue weighted by Gasteiger charge is -2.26. The molecule has 1 saturated carbocycles. The minimum absolute atomic E-state index is 0.139. The first kappa shape index (κ1) is 21.4. The monoisotopic (exact) mass is 424 g/mol. The molecule has 0 aromatic heterocycles. The highest BCUT2D eigenvalue weighted by atomic mass is 19.2. The van der Waals surface area contributed by atoms with Crippen LogP contribution in [0, 0.1) is 46.9 Å². The molecule has 0 bridgehead atoms. The van der Waals surface area contributed by atoms with Crippen LogP contribution in [0.4, 0.5) is 17.6 Å². The molecule has 0 radical (unpaired) electrons. The van der Waals surface area contributed by atoms with Crippen LogP contribution in [0.2, 0.25) is 0 Å². The number of fused-ring (bicyclic) bond motifs is 1. The average molecular weight is 424 g/mol. The van der Waals surface area contributed by atoms with Gasteiger partial charge in [-0.2, -0.15) is 0 Å². The highest BCUT2D eigenvalue weighted by molar-refractivity contribution is 5.84. The molecule has 0 N–H and O–H groups in total. The molecule has 0 atom stereocenters. The predicted octanol–water partition coefficient (Wildman–Crippen LogP) is 7.55. The third kappa shape index (κ3) is 4.93. The van der Waals surface area contributed by atoms with Crippen LogP contribution < -0.4 is 0 Å². The van der Waals surface area contributed by atoms with Crippen molar-refractivity contribution in [3.05, 3.63) is 82.4 Å². The van der Waals surface area contributed by atoms with E-state index in [9.17, 15) is 17.6 Å². The van der Waals surface area contributed by atoms with Crippen molar-refractivity contribution in [2.45, 2.75) is 45.4 Å². The average Bonchev–Trinajstić information content (AvgIpc) is 2.75. The van der Waals surface area contributed by atoms with Crippen molar-refractivity contribution < 1.29 is 17.6 Å². The van der Waals surface area contributed by atoms with E-state index in [1.807, 2.05) is 0 Å². The third-order valence-corrected chi connectivity index (χ3v) is 6.32. The van der Waals surface area contributed by atoms with Crippen molar-refractivity contribution in [1.82, 2.24) is 0 Å². The summed E-state index contributed by atoms with van der Waals surface area (Å²) < 4.78 is 56.2. The lowest BCUT2D eigenvalue weighted by molar-refractivity contribution is 0.277. The molecule has 3 aromatic carbocycles. The maximum absolute atomic E-state index is 14.5. The molecule has 0 nitrogen and oxygen atoms in total. The minimum atomic E-state index is -0.924. The van der Waals surface area contributed by atoms with Crippen LogP contribution in [0.5, 0.6) is 0 Å². The molecule has 0 unspecified atom stereocenters. The Balaban J connectivity index is 1.50. The van der Waals surface area contributed by atoms with Crippen molar-refractivity contribution in [3.63, 3.8) is 0 Å². The summed E-state index contributed by atoms with van der Waals surface area (Å²) in [5.74, 6) is 3.51. The zero-order valence-corrected chi connectivity index (χ0v) is 17.5. The van der Waals surface area contributed by atoms with Crippen molar-refractivity contribution in [2.24, 2.45) is 11.8 Å². The maximum atomic E-state index is 14.5. The summed E-state index contributed by atoms with van der Waals surface area (Å²) in [5, 5.41) is 0.610. The summed E-state index contributed by atoms with van der Waals surface area (Å²) in [4.78, 5) is 0. The number of hydrogen-bond acceptors (Lipinski definition) is 0. The van der Waals surface area contributed by atoms with Crippen LogP contribution in [-0.2, 0) is 6.42 Å². The number of rotatable bonds is 3. The zero-order valence-electron chi connectivity index (χ0n) is 17.5. The first-order valence-corrected chi connectivity index (χ1v) is 10.8. The van der Waals surface area contributed by atoms with E-state index in [0.29, 0.717) is 28.9 Å². The van der Waals surface area contributed by atoms with Gasteiger partial charge in [0.2, 0.25) is 0 Å². The van der Waals surface area contributed by atoms with Gasteiger partial charge in [-0.05, 0) is 66.0 Å². The van der Waals surface area contributed by atoms with Crippen LogP contribution in [0.1, 0.15) is 55.7 Å². The molecule has 0 spiro atoms. The fourth-order valence-corrected chi connectivity index (χ4v) is 4.36. The molecule has 0 heterocycles. The zero-order chi connectivity index (χ0) is 22.0. The second-order valence-corrected chi connectivity index (χ2v) is 8.65. The summed E-state index contributed by atoms with van der Waals surface area (Å²) in [7, 11) is 0. The Morgan fingerprint density at radius 2 is 1.52 bits per heavy atom. The molecule has 4 rings (SSSR count). The SMILES string of the molecule is CC1CCC(CCc2cc(F)c(C#Cc3ccc4c(F)c(F)ccc4c3)c(F)c2)CC1. The molecule has 1 fully saturated rings. The molecule has 0 saturated heterocycles. The second-order valence-electron chi connectivity index (χ2n) is 8.65. The Morgan fingerprint density at radius 1 is 0.806 bits per heavy atom. The summed E-state index contributed by atoms with van der Waals surface area (Å²) >= 11 is 0. The van der Waals surface area contributed by atoms with E-state index in [2.05, 4.69) is 18.8 Å². The van der Waals surface area contributed by atoms with E-state index >= 15 is 0 Å². The lowest BCUT2D eigenvalue weighted by Crippen LogP contribution is -2.13. The smallest absolute Gasteiger partial charge is 0.166 e. The second kappa shape index (κ2) is 9.14. The van der Waals surface area contributed by atoms with E-state index in [0.717, 1.165) is 18.4 Å². The molecule has 1 aliphatic rings. The van der Waals surface area contributed by atoms with Gasteiger partial charge >= 0.3 is 0 Å². The van der Waals surface area contributed by atoms with Crippen molar-refractivity contribution in [3.8, 4) is 11.8 Å². The van der Waals surface area contributed by atoms with E-state index in [4.69, 9.17) is 0 Å². The number of halogens is 4. The highest BCUT2D eigenvalue weighted by Gasteiger charge is 2.18. The fourth-order valence-electron chi connectivity index (χ4n) is 4.36. The van der Waals surface area contributed by atoms with Gasteiger partial charge in [0.25, 0.3) is 0 Å². The van der Waals surface area contributed by atoms with Gasteiger partial charge in [-0.3, -0.25) is 0 Å². The van der Waals surface area contributed by atoms with Crippen molar-refractivity contribution in [1.29, 1.82) is 0 Å². The number of benzene rings is 3. The lowest BCUT2D eigenvalue weighted by atomic mass is 9.80.